The summed E-state index contributed by atoms with van der Waals surface area (Å²) in [5, 5.41) is 23.2. The number of hydrogen-bond donors (Lipinski definition) is 2. The Balaban J connectivity index is 1.38. The molecule has 6 heteroatoms. The lowest BCUT2D eigenvalue weighted by atomic mass is 9.48. The first-order chi connectivity index (χ1) is 17.3. The summed E-state index contributed by atoms with van der Waals surface area (Å²) in [6.07, 6.45) is 7.57. The quantitative estimate of drug-likeness (QED) is 0.499. The molecule has 4 aliphatic rings. The molecule has 6 rings (SSSR count). The van der Waals surface area contributed by atoms with Gasteiger partial charge in [0.05, 0.1) is 17.1 Å². The van der Waals surface area contributed by atoms with Crippen LogP contribution in [0.25, 0.3) is 6.08 Å². The van der Waals surface area contributed by atoms with Crippen molar-refractivity contribution in [1.29, 1.82) is 0 Å². The first-order valence-corrected chi connectivity index (χ1v) is 12.9. The number of piperidine rings is 1. The zero-order valence-electron chi connectivity index (χ0n) is 21.0. The standard InChI is InChI=1S/C30H34N2O4/c1-4-15-32-16-14-29-26-21-9-10-23(33)27(26)36-28(29)22(12-13-30(29,35)24(32)18-21)31(3)25(34)11-8-20-7-5-6-19(2)17-20/h4-11,17,22,24,28,33,35H,1,12-16,18H2,2-3H3/t22-,24+,28-,29-,30+/m0/s1. The number of ether oxygens (including phenoxy) is 1. The molecule has 2 fully saturated rings. The normalized spacial score (nSPS) is 32.1. The number of carbonyl (C=O) groups is 1. The summed E-state index contributed by atoms with van der Waals surface area (Å²) in [7, 11) is 1.83. The summed E-state index contributed by atoms with van der Waals surface area (Å²) in [6, 6.07) is 11.5. The summed E-state index contributed by atoms with van der Waals surface area (Å²) in [5.74, 6) is 0.511. The number of phenolic OH excluding ortho intramolecular Hbond substituents is 1. The van der Waals surface area contributed by atoms with Gasteiger partial charge in [-0.1, -0.05) is 42.0 Å². The van der Waals surface area contributed by atoms with Crippen molar-refractivity contribution in [3.63, 3.8) is 0 Å². The van der Waals surface area contributed by atoms with Crippen molar-refractivity contribution in [2.24, 2.45) is 0 Å². The van der Waals surface area contributed by atoms with Crippen molar-refractivity contribution in [1.82, 2.24) is 9.80 Å². The van der Waals surface area contributed by atoms with Crippen LogP contribution in [0, 0.1) is 6.92 Å². The molecule has 5 atom stereocenters. The van der Waals surface area contributed by atoms with Gasteiger partial charge in [-0.3, -0.25) is 9.69 Å². The fourth-order valence-electron chi connectivity index (χ4n) is 7.61. The number of carbonyl (C=O) groups excluding carboxylic acids is 1. The molecule has 0 radical (unpaired) electrons. The van der Waals surface area contributed by atoms with Crippen LogP contribution in [-0.2, 0) is 16.6 Å². The van der Waals surface area contributed by atoms with Gasteiger partial charge in [0.15, 0.2) is 11.5 Å². The Morgan fingerprint density at radius 1 is 1.31 bits per heavy atom. The molecular formula is C30H34N2O4. The third-order valence-corrected chi connectivity index (χ3v) is 9.21. The van der Waals surface area contributed by atoms with E-state index in [4.69, 9.17) is 4.74 Å². The topological polar surface area (TPSA) is 73.2 Å². The summed E-state index contributed by atoms with van der Waals surface area (Å²) in [5.41, 5.74) is 2.56. The summed E-state index contributed by atoms with van der Waals surface area (Å²) in [6.45, 7) is 7.50. The second kappa shape index (κ2) is 8.22. The third kappa shape index (κ3) is 3.07. The summed E-state index contributed by atoms with van der Waals surface area (Å²) in [4.78, 5) is 17.4. The van der Waals surface area contributed by atoms with E-state index in [-0.39, 0.29) is 23.7 Å². The molecule has 1 saturated heterocycles. The molecule has 1 amide bonds. The molecule has 2 bridgehead atoms. The van der Waals surface area contributed by atoms with E-state index in [0.29, 0.717) is 31.4 Å². The molecular weight excluding hydrogens is 452 g/mol. The van der Waals surface area contributed by atoms with Crippen LogP contribution in [0.5, 0.6) is 11.5 Å². The Morgan fingerprint density at radius 2 is 2.14 bits per heavy atom. The SMILES string of the molecule is C=CCN1CC[C@]23c4c5ccc(O)c4O[C@H]2[C@@H](N(C)C(=O)C=Cc2cccc(C)c2)CC[C@@]3(O)[C@H]1C5. The molecule has 2 aliphatic heterocycles. The maximum atomic E-state index is 13.3. The van der Waals surface area contributed by atoms with E-state index >= 15 is 0 Å². The number of aryl methyl sites for hydroxylation is 1. The number of phenols is 1. The van der Waals surface area contributed by atoms with Crippen LogP contribution in [0.1, 0.15) is 41.5 Å². The second-order valence-corrected chi connectivity index (χ2v) is 10.9. The van der Waals surface area contributed by atoms with E-state index < -0.39 is 17.1 Å². The molecule has 36 heavy (non-hydrogen) atoms. The minimum atomic E-state index is -0.997. The van der Waals surface area contributed by atoms with Crippen LogP contribution in [0.4, 0.5) is 0 Å². The van der Waals surface area contributed by atoms with E-state index in [2.05, 4.69) is 11.5 Å². The molecule has 2 N–H and O–H groups in total. The first-order valence-electron chi connectivity index (χ1n) is 12.9. The minimum Gasteiger partial charge on any atom is -0.504 e. The first kappa shape index (κ1) is 23.3. The number of aliphatic hydroxyl groups is 1. The zero-order valence-corrected chi connectivity index (χ0v) is 21.0. The van der Waals surface area contributed by atoms with Gasteiger partial charge in [-0.2, -0.15) is 0 Å². The van der Waals surface area contributed by atoms with Gasteiger partial charge < -0.3 is 19.8 Å². The summed E-state index contributed by atoms with van der Waals surface area (Å²) < 4.78 is 6.57. The maximum absolute atomic E-state index is 13.3. The van der Waals surface area contributed by atoms with Crippen LogP contribution < -0.4 is 4.74 Å². The molecule has 2 aromatic rings. The van der Waals surface area contributed by atoms with Crippen LogP contribution in [0.2, 0.25) is 0 Å². The Kier molecular flexibility index (Phi) is 5.32. The van der Waals surface area contributed by atoms with Gasteiger partial charge in [-0.25, -0.2) is 0 Å². The fraction of sp³-hybridized carbons (Fsp3) is 0.433. The number of hydrogen-bond acceptors (Lipinski definition) is 5. The number of likely N-dealkylation sites (tertiary alicyclic amines) is 1. The predicted molar refractivity (Wildman–Crippen MR) is 139 cm³/mol. The molecule has 6 nitrogen and oxygen atoms in total. The van der Waals surface area contributed by atoms with Crippen molar-refractivity contribution in [2.45, 2.75) is 61.8 Å². The van der Waals surface area contributed by atoms with E-state index in [0.717, 1.165) is 35.3 Å². The lowest BCUT2D eigenvalue weighted by Crippen LogP contribution is -2.78. The molecule has 2 heterocycles. The van der Waals surface area contributed by atoms with Gasteiger partial charge in [-0.15, -0.1) is 6.58 Å². The maximum Gasteiger partial charge on any atom is 0.246 e. The van der Waals surface area contributed by atoms with Crippen LogP contribution in [-0.4, -0.2) is 69.8 Å². The average Bonchev–Trinajstić information content (AvgIpc) is 3.21. The number of likely N-dealkylation sites (N-methyl/N-ethyl adjacent to an activating group) is 1. The van der Waals surface area contributed by atoms with Crippen molar-refractivity contribution in [3.05, 3.63) is 77.4 Å². The van der Waals surface area contributed by atoms with Gasteiger partial charge in [0.2, 0.25) is 5.91 Å². The van der Waals surface area contributed by atoms with E-state index in [1.165, 1.54) is 0 Å². The van der Waals surface area contributed by atoms with E-state index in [1.54, 1.807) is 17.0 Å². The number of rotatable bonds is 5. The highest BCUT2D eigenvalue weighted by Gasteiger charge is 2.73. The summed E-state index contributed by atoms with van der Waals surface area (Å²) >= 11 is 0. The lowest BCUT2D eigenvalue weighted by Gasteiger charge is -2.64. The van der Waals surface area contributed by atoms with Crippen molar-refractivity contribution in [3.8, 4) is 11.5 Å². The highest BCUT2D eigenvalue weighted by Crippen LogP contribution is 2.65. The molecule has 0 unspecified atom stereocenters. The van der Waals surface area contributed by atoms with Crippen LogP contribution in [0.15, 0.2) is 55.1 Å². The van der Waals surface area contributed by atoms with E-state index in [1.807, 2.05) is 56.5 Å². The van der Waals surface area contributed by atoms with Gasteiger partial charge in [0.25, 0.3) is 0 Å². The van der Waals surface area contributed by atoms with Gasteiger partial charge >= 0.3 is 0 Å². The highest BCUT2D eigenvalue weighted by molar-refractivity contribution is 5.92. The predicted octanol–water partition coefficient (Wildman–Crippen LogP) is 3.58. The smallest absolute Gasteiger partial charge is 0.246 e. The number of aromatic hydroxyl groups is 1. The molecule has 1 saturated carbocycles. The molecule has 188 valence electrons. The molecule has 1 spiro atoms. The third-order valence-electron chi connectivity index (χ3n) is 9.21. The minimum absolute atomic E-state index is 0.0542. The Labute approximate surface area is 212 Å². The second-order valence-electron chi connectivity index (χ2n) is 10.9. The highest BCUT2D eigenvalue weighted by atomic mass is 16.5. The Hall–Kier alpha value is -3.09. The zero-order chi connectivity index (χ0) is 25.2. The molecule has 0 aromatic heterocycles. The number of benzene rings is 2. The van der Waals surface area contributed by atoms with Crippen molar-refractivity contribution >= 4 is 12.0 Å². The van der Waals surface area contributed by atoms with Gasteiger partial charge in [0, 0.05) is 31.3 Å². The monoisotopic (exact) mass is 486 g/mol. The largest absolute Gasteiger partial charge is 0.504 e. The molecule has 2 aliphatic carbocycles. The van der Waals surface area contributed by atoms with Crippen LogP contribution >= 0.6 is 0 Å². The van der Waals surface area contributed by atoms with Crippen LogP contribution in [0.3, 0.4) is 0 Å². The average molecular weight is 487 g/mol. The Morgan fingerprint density at radius 3 is 2.92 bits per heavy atom. The van der Waals surface area contributed by atoms with E-state index in [9.17, 15) is 15.0 Å². The van der Waals surface area contributed by atoms with Gasteiger partial charge in [0.1, 0.15) is 6.10 Å². The Bertz CT molecular complexity index is 1270. The lowest BCUT2D eigenvalue weighted by molar-refractivity contribution is -0.198. The van der Waals surface area contributed by atoms with Crippen molar-refractivity contribution in [2.75, 3.05) is 20.1 Å². The number of nitrogens with zero attached hydrogens (tertiary/aromatic N) is 2. The van der Waals surface area contributed by atoms with Crippen molar-refractivity contribution < 1.29 is 19.7 Å². The molecule has 2 aromatic carbocycles. The van der Waals surface area contributed by atoms with Gasteiger partial charge in [-0.05, 0) is 62.4 Å². The fourth-order valence-corrected chi connectivity index (χ4v) is 7.61. The number of amides is 1.